The number of rotatable bonds is 4. The standard InChI is InChI=1S/C21H21BrF3N5.C2H6/c1-3-13-6-5-7-14(4-2)18(13)30-19(22)16-12-29(9-8-17(16)28-30)20-26-10-15(11-27-20)21(23,24)25;1-2/h5-7,10-11H,3-4,8-9,12H2,1-2H3;1-2H3. The molecule has 172 valence electrons. The van der Waals surface area contributed by atoms with Gasteiger partial charge in [0.1, 0.15) is 4.60 Å². The summed E-state index contributed by atoms with van der Waals surface area (Å²) in [5.41, 5.74) is 4.69. The second-order valence-corrected chi connectivity index (χ2v) is 7.95. The van der Waals surface area contributed by atoms with Crippen LogP contribution in [-0.2, 0) is 32.0 Å². The van der Waals surface area contributed by atoms with Gasteiger partial charge in [-0.1, -0.05) is 45.9 Å². The summed E-state index contributed by atoms with van der Waals surface area (Å²) >= 11 is 3.72. The fourth-order valence-electron chi connectivity index (χ4n) is 3.78. The average Bonchev–Trinajstić information content (AvgIpc) is 3.14. The highest BCUT2D eigenvalue weighted by molar-refractivity contribution is 9.10. The maximum atomic E-state index is 12.8. The molecule has 0 bridgehead atoms. The lowest BCUT2D eigenvalue weighted by Crippen LogP contribution is -2.31. The number of alkyl halides is 3. The van der Waals surface area contributed by atoms with Crippen molar-refractivity contribution in [3.8, 4) is 5.69 Å². The Labute approximate surface area is 194 Å². The van der Waals surface area contributed by atoms with Gasteiger partial charge in [-0.05, 0) is 39.9 Å². The maximum Gasteiger partial charge on any atom is 0.419 e. The van der Waals surface area contributed by atoms with Gasteiger partial charge in [0.2, 0.25) is 5.95 Å². The highest BCUT2D eigenvalue weighted by Crippen LogP contribution is 2.33. The van der Waals surface area contributed by atoms with Crippen LogP contribution in [0.4, 0.5) is 19.1 Å². The summed E-state index contributed by atoms with van der Waals surface area (Å²) < 4.78 is 41.2. The number of hydrogen-bond acceptors (Lipinski definition) is 4. The van der Waals surface area contributed by atoms with E-state index in [2.05, 4.69) is 57.9 Å². The number of halogens is 4. The van der Waals surface area contributed by atoms with Crippen molar-refractivity contribution >= 4 is 21.9 Å². The first-order valence-electron chi connectivity index (χ1n) is 10.8. The lowest BCUT2D eigenvalue weighted by Gasteiger charge is -2.26. The van der Waals surface area contributed by atoms with E-state index in [0.29, 0.717) is 19.5 Å². The first-order chi connectivity index (χ1) is 15.3. The molecule has 3 heterocycles. The van der Waals surface area contributed by atoms with Crippen LogP contribution in [0.15, 0.2) is 35.2 Å². The second-order valence-electron chi connectivity index (χ2n) is 7.20. The van der Waals surface area contributed by atoms with Crippen LogP contribution in [0.3, 0.4) is 0 Å². The van der Waals surface area contributed by atoms with E-state index in [1.807, 2.05) is 23.4 Å². The van der Waals surface area contributed by atoms with E-state index in [-0.39, 0.29) is 5.95 Å². The third-order valence-corrected chi connectivity index (χ3v) is 6.21. The minimum Gasteiger partial charge on any atom is -0.336 e. The van der Waals surface area contributed by atoms with Crippen molar-refractivity contribution in [2.45, 2.75) is 59.7 Å². The van der Waals surface area contributed by atoms with E-state index in [4.69, 9.17) is 5.10 Å². The molecular weight excluding hydrogens is 483 g/mol. The van der Waals surface area contributed by atoms with Crippen LogP contribution in [0.1, 0.15) is 55.6 Å². The fourth-order valence-corrected chi connectivity index (χ4v) is 4.39. The number of aryl methyl sites for hydroxylation is 2. The Morgan fingerprint density at radius 1 is 1.03 bits per heavy atom. The molecule has 2 aromatic heterocycles. The first-order valence-corrected chi connectivity index (χ1v) is 11.6. The summed E-state index contributed by atoms with van der Waals surface area (Å²) in [4.78, 5) is 9.77. The molecule has 0 atom stereocenters. The minimum absolute atomic E-state index is 0.288. The summed E-state index contributed by atoms with van der Waals surface area (Å²) in [6.07, 6.45) is -0.317. The van der Waals surface area contributed by atoms with Crippen LogP contribution < -0.4 is 4.90 Å². The molecule has 0 amide bonds. The Kier molecular flexibility index (Phi) is 7.59. The first kappa shape index (κ1) is 24.2. The Morgan fingerprint density at radius 3 is 2.16 bits per heavy atom. The van der Waals surface area contributed by atoms with Gasteiger partial charge < -0.3 is 4.90 Å². The van der Waals surface area contributed by atoms with E-state index in [1.54, 1.807) is 0 Å². The van der Waals surface area contributed by atoms with Crippen LogP contribution in [-0.4, -0.2) is 26.3 Å². The molecule has 0 radical (unpaired) electrons. The van der Waals surface area contributed by atoms with Crippen LogP contribution >= 0.6 is 15.9 Å². The van der Waals surface area contributed by atoms with Gasteiger partial charge in [-0.3, -0.25) is 0 Å². The fraction of sp³-hybridized carbons (Fsp3) is 0.435. The molecule has 0 spiro atoms. The van der Waals surface area contributed by atoms with Crippen LogP contribution in [0.2, 0.25) is 0 Å². The van der Waals surface area contributed by atoms with Crippen molar-refractivity contribution in [1.29, 1.82) is 0 Å². The number of hydrogen-bond donors (Lipinski definition) is 0. The highest BCUT2D eigenvalue weighted by atomic mass is 79.9. The smallest absolute Gasteiger partial charge is 0.336 e. The summed E-state index contributed by atoms with van der Waals surface area (Å²) in [5.74, 6) is 0.288. The number of para-hydroxylation sites is 1. The zero-order valence-electron chi connectivity index (χ0n) is 18.7. The Hall–Kier alpha value is -2.42. The largest absolute Gasteiger partial charge is 0.419 e. The minimum atomic E-state index is -4.44. The van der Waals surface area contributed by atoms with Gasteiger partial charge >= 0.3 is 6.18 Å². The zero-order valence-corrected chi connectivity index (χ0v) is 20.3. The van der Waals surface area contributed by atoms with Gasteiger partial charge in [0.15, 0.2) is 0 Å². The van der Waals surface area contributed by atoms with Crippen molar-refractivity contribution in [3.05, 3.63) is 63.1 Å². The zero-order chi connectivity index (χ0) is 23.5. The van der Waals surface area contributed by atoms with Crippen molar-refractivity contribution in [3.63, 3.8) is 0 Å². The Bertz CT molecular complexity index is 1040. The lowest BCUT2D eigenvalue weighted by molar-refractivity contribution is -0.138. The van der Waals surface area contributed by atoms with Gasteiger partial charge in [-0.2, -0.15) is 18.3 Å². The molecule has 9 heteroatoms. The van der Waals surface area contributed by atoms with Crippen molar-refractivity contribution in [1.82, 2.24) is 19.7 Å². The summed E-state index contributed by atoms with van der Waals surface area (Å²) in [6.45, 7) is 9.33. The number of aromatic nitrogens is 4. The average molecular weight is 510 g/mol. The number of nitrogens with zero attached hydrogens (tertiary/aromatic N) is 5. The van der Waals surface area contributed by atoms with E-state index in [9.17, 15) is 13.2 Å². The Morgan fingerprint density at radius 2 is 1.62 bits per heavy atom. The summed E-state index contributed by atoms with van der Waals surface area (Å²) in [5, 5.41) is 4.87. The van der Waals surface area contributed by atoms with Gasteiger partial charge in [0, 0.05) is 30.9 Å². The van der Waals surface area contributed by atoms with Crippen LogP contribution in [0.5, 0.6) is 0 Å². The third-order valence-electron chi connectivity index (χ3n) is 5.40. The molecule has 0 fully saturated rings. The molecule has 0 aliphatic carbocycles. The second kappa shape index (κ2) is 10.0. The quantitative estimate of drug-likeness (QED) is 0.422. The SMILES string of the molecule is CC.CCc1cccc(CC)c1-n1nc2c(c1Br)CN(c1ncc(C(F)(F)F)cn1)CC2. The molecule has 0 unspecified atom stereocenters. The van der Waals surface area contributed by atoms with Crippen molar-refractivity contribution in [2.24, 2.45) is 0 Å². The van der Waals surface area contributed by atoms with E-state index in [1.165, 1.54) is 11.1 Å². The topological polar surface area (TPSA) is 46.8 Å². The molecular formula is C23H27BrF3N5. The van der Waals surface area contributed by atoms with Crippen molar-refractivity contribution in [2.75, 3.05) is 11.4 Å². The third kappa shape index (κ3) is 4.67. The lowest BCUT2D eigenvalue weighted by atomic mass is 10.0. The monoisotopic (exact) mass is 509 g/mol. The van der Waals surface area contributed by atoms with Gasteiger partial charge in [-0.15, -0.1) is 0 Å². The normalized spacial score (nSPS) is 13.4. The maximum absolute atomic E-state index is 12.8. The van der Waals surface area contributed by atoms with Gasteiger partial charge in [0.05, 0.1) is 23.5 Å². The molecule has 5 nitrogen and oxygen atoms in total. The number of anilines is 1. The van der Waals surface area contributed by atoms with Crippen LogP contribution in [0, 0.1) is 0 Å². The number of benzene rings is 1. The molecule has 0 saturated carbocycles. The van der Waals surface area contributed by atoms with E-state index < -0.39 is 11.7 Å². The highest BCUT2D eigenvalue weighted by Gasteiger charge is 2.32. The molecule has 1 aromatic carbocycles. The van der Waals surface area contributed by atoms with Gasteiger partial charge in [0.25, 0.3) is 0 Å². The molecule has 32 heavy (non-hydrogen) atoms. The van der Waals surface area contributed by atoms with Gasteiger partial charge in [-0.25, -0.2) is 14.6 Å². The molecule has 4 rings (SSSR count). The molecule has 1 aliphatic heterocycles. The molecule has 1 aliphatic rings. The molecule has 3 aromatic rings. The van der Waals surface area contributed by atoms with Crippen LogP contribution in [0.25, 0.3) is 5.69 Å². The summed E-state index contributed by atoms with van der Waals surface area (Å²) in [7, 11) is 0. The van der Waals surface area contributed by atoms with E-state index in [0.717, 1.165) is 46.8 Å². The Balaban J connectivity index is 0.00000141. The van der Waals surface area contributed by atoms with Crippen molar-refractivity contribution < 1.29 is 13.2 Å². The molecule has 0 N–H and O–H groups in total. The molecule has 0 saturated heterocycles. The van der Waals surface area contributed by atoms with E-state index >= 15 is 0 Å². The number of fused-ring (bicyclic) bond motifs is 1. The predicted octanol–water partition coefficient (Wildman–Crippen LogP) is 6.16. The summed E-state index contributed by atoms with van der Waals surface area (Å²) in [6, 6.07) is 6.30. The predicted molar refractivity (Wildman–Crippen MR) is 123 cm³/mol.